The largest absolute Gasteiger partial charge is 0.363 e. The molecule has 0 amide bonds. The molecule has 0 spiro atoms. The first-order chi connectivity index (χ1) is 8.86. The van der Waals surface area contributed by atoms with Gasteiger partial charge in [-0.2, -0.15) is 0 Å². The molecule has 2 aromatic heterocycles. The van der Waals surface area contributed by atoms with Gasteiger partial charge in [0.25, 0.3) is 0 Å². The van der Waals surface area contributed by atoms with Crippen LogP contribution >= 0.6 is 11.6 Å². The summed E-state index contributed by atoms with van der Waals surface area (Å²) in [5.74, 6) is 2.22. The second kappa shape index (κ2) is 5.13. The topological polar surface area (TPSA) is 68.5 Å². The van der Waals surface area contributed by atoms with Crippen LogP contribution in [0.3, 0.4) is 0 Å². The Morgan fingerprint density at radius 2 is 2.05 bits per heavy atom. The minimum Gasteiger partial charge on any atom is -0.363 e. The van der Waals surface area contributed by atoms with Crippen molar-refractivity contribution < 1.29 is 0 Å². The van der Waals surface area contributed by atoms with E-state index in [-0.39, 0.29) is 5.41 Å². The zero-order valence-electron chi connectivity index (χ0n) is 11.5. The Morgan fingerprint density at radius 1 is 1.32 bits per heavy atom. The van der Waals surface area contributed by atoms with Gasteiger partial charge in [0.2, 0.25) is 0 Å². The fraction of sp³-hybridized carbons (Fsp3) is 0.500. The van der Waals surface area contributed by atoms with Gasteiger partial charge in [0.15, 0.2) is 5.82 Å². The van der Waals surface area contributed by atoms with Crippen LogP contribution in [0.15, 0.2) is 12.4 Å². The summed E-state index contributed by atoms with van der Waals surface area (Å²) in [6, 6.07) is 1.70. The predicted octanol–water partition coefficient (Wildman–Crippen LogP) is 2.17. The van der Waals surface area contributed by atoms with E-state index < -0.39 is 0 Å². The summed E-state index contributed by atoms with van der Waals surface area (Å²) >= 11 is 6.02. The number of anilines is 1. The highest BCUT2D eigenvalue weighted by Gasteiger charge is 2.18. The van der Waals surface area contributed by atoms with Crippen molar-refractivity contribution in [3.8, 4) is 0 Å². The van der Waals surface area contributed by atoms with E-state index in [1.165, 1.54) is 0 Å². The smallest absolute Gasteiger partial charge is 0.151 e. The third kappa shape index (κ3) is 3.41. The van der Waals surface area contributed by atoms with Gasteiger partial charge in [0.05, 0.1) is 6.54 Å². The number of halogens is 1. The number of aromatic nitrogens is 5. The Bertz CT molecular complexity index is 572. The van der Waals surface area contributed by atoms with Crippen LogP contribution in [0.25, 0.3) is 0 Å². The van der Waals surface area contributed by atoms with Crippen LogP contribution in [0.1, 0.15) is 32.4 Å². The van der Waals surface area contributed by atoms with E-state index in [1.807, 2.05) is 32.4 Å². The van der Waals surface area contributed by atoms with Gasteiger partial charge in [-0.25, -0.2) is 9.97 Å². The number of aryl methyl sites for hydroxylation is 1. The molecule has 6 nitrogen and oxygen atoms in total. The van der Waals surface area contributed by atoms with Crippen LogP contribution in [0.5, 0.6) is 0 Å². The van der Waals surface area contributed by atoms with Crippen molar-refractivity contribution in [3.05, 3.63) is 29.2 Å². The lowest BCUT2D eigenvalue weighted by molar-refractivity contribution is 0.546. The molecule has 0 bridgehead atoms. The van der Waals surface area contributed by atoms with Crippen LogP contribution in [0, 0.1) is 0 Å². The molecule has 0 aliphatic rings. The highest BCUT2D eigenvalue weighted by molar-refractivity contribution is 6.29. The molecule has 0 aromatic carbocycles. The number of nitrogens with zero attached hydrogens (tertiary/aromatic N) is 5. The minimum absolute atomic E-state index is 0.147. The minimum atomic E-state index is -0.147. The predicted molar refractivity (Wildman–Crippen MR) is 74.1 cm³/mol. The lowest BCUT2D eigenvalue weighted by atomic mass is 9.96. The highest BCUT2D eigenvalue weighted by Crippen LogP contribution is 2.22. The number of hydrogen-bond donors (Lipinski definition) is 1. The van der Waals surface area contributed by atoms with Crippen molar-refractivity contribution in [2.75, 3.05) is 5.32 Å². The van der Waals surface area contributed by atoms with Crippen LogP contribution in [-0.4, -0.2) is 24.7 Å². The second-order valence-electron chi connectivity index (χ2n) is 5.36. The Morgan fingerprint density at radius 3 is 2.63 bits per heavy atom. The monoisotopic (exact) mass is 280 g/mol. The molecule has 2 heterocycles. The molecule has 0 atom stereocenters. The Labute approximate surface area is 117 Å². The Kier molecular flexibility index (Phi) is 3.71. The van der Waals surface area contributed by atoms with Gasteiger partial charge < -0.3 is 9.88 Å². The van der Waals surface area contributed by atoms with Gasteiger partial charge in [0.1, 0.15) is 23.1 Å². The Hall–Kier alpha value is -1.69. The normalized spacial score (nSPS) is 11.6. The van der Waals surface area contributed by atoms with Gasteiger partial charge in [-0.15, -0.1) is 10.2 Å². The van der Waals surface area contributed by atoms with Crippen LogP contribution in [0.4, 0.5) is 5.82 Å². The molecule has 0 aliphatic heterocycles. The number of rotatable bonds is 3. The van der Waals surface area contributed by atoms with Crippen LogP contribution < -0.4 is 5.32 Å². The maximum absolute atomic E-state index is 6.02. The summed E-state index contributed by atoms with van der Waals surface area (Å²) in [6.07, 6.45) is 1.66. The molecule has 102 valence electrons. The van der Waals surface area contributed by atoms with Gasteiger partial charge in [-0.05, 0) is 0 Å². The molecule has 0 saturated carbocycles. The molecule has 1 N–H and O–H groups in total. The van der Waals surface area contributed by atoms with Crippen molar-refractivity contribution in [3.63, 3.8) is 0 Å². The lowest BCUT2D eigenvalue weighted by Gasteiger charge is -2.17. The standard InChI is InChI=1S/C12H17ClN6/c1-12(2,3)11-16-8(13)5-9(17-11)14-6-10-18-15-7-19(10)4/h5,7H,6H2,1-4H3,(H,14,16,17). The molecular formula is C12H17ClN6. The molecule has 0 fully saturated rings. The zero-order valence-corrected chi connectivity index (χ0v) is 12.2. The van der Waals surface area contributed by atoms with Crippen LogP contribution in [-0.2, 0) is 19.0 Å². The molecule has 0 radical (unpaired) electrons. The van der Waals surface area contributed by atoms with Crippen molar-refractivity contribution in [2.24, 2.45) is 7.05 Å². The van der Waals surface area contributed by atoms with Gasteiger partial charge in [-0.1, -0.05) is 32.4 Å². The highest BCUT2D eigenvalue weighted by atomic mass is 35.5. The SMILES string of the molecule is Cn1cnnc1CNc1cc(Cl)nc(C(C)(C)C)n1. The first-order valence-corrected chi connectivity index (χ1v) is 6.36. The maximum atomic E-state index is 6.02. The van der Waals surface area contributed by atoms with E-state index in [1.54, 1.807) is 12.4 Å². The summed E-state index contributed by atoms with van der Waals surface area (Å²) in [4.78, 5) is 8.72. The Balaban J connectivity index is 2.17. The van der Waals surface area contributed by atoms with Gasteiger partial charge in [0, 0.05) is 18.5 Å². The molecule has 2 aromatic rings. The summed E-state index contributed by atoms with van der Waals surface area (Å²) in [5, 5.41) is 11.4. The third-order valence-corrected chi connectivity index (χ3v) is 2.79. The van der Waals surface area contributed by atoms with Crippen LogP contribution in [0.2, 0.25) is 5.15 Å². The summed E-state index contributed by atoms with van der Waals surface area (Å²) < 4.78 is 1.85. The summed E-state index contributed by atoms with van der Waals surface area (Å²) in [6.45, 7) is 6.68. The second-order valence-corrected chi connectivity index (χ2v) is 5.75. The summed E-state index contributed by atoms with van der Waals surface area (Å²) in [7, 11) is 1.89. The lowest BCUT2D eigenvalue weighted by Crippen LogP contribution is -2.17. The molecule has 7 heteroatoms. The molecule has 0 unspecified atom stereocenters. The van der Waals surface area contributed by atoms with E-state index in [4.69, 9.17) is 11.6 Å². The fourth-order valence-electron chi connectivity index (χ4n) is 1.48. The molecule has 19 heavy (non-hydrogen) atoms. The van der Waals surface area contributed by atoms with Crippen molar-refractivity contribution in [2.45, 2.75) is 32.7 Å². The van der Waals surface area contributed by atoms with E-state index in [0.29, 0.717) is 23.3 Å². The average Bonchev–Trinajstić information content (AvgIpc) is 2.70. The maximum Gasteiger partial charge on any atom is 0.151 e. The average molecular weight is 281 g/mol. The number of nitrogens with one attached hydrogen (secondary N) is 1. The first kappa shape index (κ1) is 13.7. The quantitative estimate of drug-likeness (QED) is 0.873. The van der Waals surface area contributed by atoms with Crippen molar-refractivity contribution >= 4 is 17.4 Å². The van der Waals surface area contributed by atoms with Crippen molar-refractivity contribution in [1.29, 1.82) is 0 Å². The van der Waals surface area contributed by atoms with E-state index in [2.05, 4.69) is 25.5 Å². The molecule has 0 aliphatic carbocycles. The molecule has 0 saturated heterocycles. The zero-order chi connectivity index (χ0) is 14.0. The van der Waals surface area contributed by atoms with E-state index >= 15 is 0 Å². The van der Waals surface area contributed by atoms with Crippen molar-refractivity contribution in [1.82, 2.24) is 24.7 Å². The number of hydrogen-bond acceptors (Lipinski definition) is 5. The van der Waals surface area contributed by atoms with Gasteiger partial charge >= 0.3 is 0 Å². The summed E-state index contributed by atoms with van der Waals surface area (Å²) in [5.41, 5.74) is -0.147. The first-order valence-electron chi connectivity index (χ1n) is 5.98. The van der Waals surface area contributed by atoms with Gasteiger partial charge in [-0.3, -0.25) is 0 Å². The van der Waals surface area contributed by atoms with E-state index in [9.17, 15) is 0 Å². The van der Waals surface area contributed by atoms with E-state index in [0.717, 1.165) is 5.82 Å². The molecule has 2 rings (SSSR count). The molecular weight excluding hydrogens is 264 g/mol. The fourth-order valence-corrected chi connectivity index (χ4v) is 1.66. The third-order valence-electron chi connectivity index (χ3n) is 2.60.